The van der Waals surface area contributed by atoms with Gasteiger partial charge in [-0.3, -0.25) is 4.79 Å². The summed E-state index contributed by atoms with van der Waals surface area (Å²) in [5.74, 6) is -0.751. The lowest BCUT2D eigenvalue weighted by Gasteiger charge is -2.19. The molecule has 0 spiro atoms. The van der Waals surface area contributed by atoms with Crippen molar-refractivity contribution in [3.8, 4) is 0 Å². The van der Waals surface area contributed by atoms with E-state index in [1.165, 1.54) is 19.2 Å². The van der Waals surface area contributed by atoms with Gasteiger partial charge in [-0.25, -0.2) is 9.59 Å². The zero-order valence-corrected chi connectivity index (χ0v) is 16.4. The Hall–Kier alpha value is -3.35. The molecule has 2 aromatic carbocycles. The van der Waals surface area contributed by atoms with Crippen molar-refractivity contribution in [3.63, 3.8) is 0 Å². The molecule has 0 saturated carbocycles. The quantitative estimate of drug-likeness (QED) is 0.766. The van der Waals surface area contributed by atoms with Crippen molar-refractivity contribution in [2.24, 2.45) is 0 Å². The zero-order valence-electron chi connectivity index (χ0n) is 16.4. The third-order valence-corrected chi connectivity index (χ3v) is 3.62. The SMILES string of the molecule is COC(=O)c1ccc(C(=O)Nc2ccc(CNC(=O)OC(C)(C)C)cc2)cc1. The van der Waals surface area contributed by atoms with Crippen molar-refractivity contribution in [2.75, 3.05) is 12.4 Å². The Morgan fingerprint density at radius 1 is 0.893 bits per heavy atom. The first kappa shape index (κ1) is 21.0. The summed E-state index contributed by atoms with van der Waals surface area (Å²) < 4.78 is 9.81. The van der Waals surface area contributed by atoms with Crippen LogP contribution in [0.4, 0.5) is 10.5 Å². The van der Waals surface area contributed by atoms with Gasteiger partial charge >= 0.3 is 12.1 Å². The highest BCUT2D eigenvalue weighted by Gasteiger charge is 2.15. The Morgan fingerprint density at radius 3 is 2.00 bits per heavy atom. The van der Waals surface area contributed by atoms with Crippen LogP contribution in [0.15, 0.2) is 48.5 Å². The third kappa shape index (κ3) is 6.42. The van der Waals surface area contributed by atoms with Crippen molar-refractivity contribution in [1.82, 2.24) is 5.32 Å². The van der Waals surface area contributed by atoms with Crippen LogP contribution in [0, 0.1) is 0 Å². The highest BCUT2D eigenvalue weighted by Crippen LogP contribution is 2.13. The summed E-state index contributed by atoms with van der Waals surface area (Å²) in [4.78, 5) is 35.4. The largest absolute Gasteiger partial charge is 0.465 e. The average molecular weight is 384 g/mol. The molecule has 7 nitrogen and oxygen atoms in total. The number of esters is 1. The lowest BCUT2D eigenvalue weighted by atomic mass is 10.1. The van der Waals surface area contributed by atoms with Gasteiger partial charge in [-0.15, -0.1) is 0 Å². The van der Waals surface area contributed by atoms with Gasteiger partial charge in [0.2, 0.25) is 0 Å². The number of amides is 2. The number of nitrogens with one attached hydrogen (secondary N) is 2. The molecule has 0 aromatic heterocycles. The van der Waals surface area contributed by atoms with Gasteiger partial charge < -0.3 is 20.1 Å². The number of hydrogen-bond donors (Lipinski definition) is 2. The van der Waals surface area contributed by atoms with Crippen molar-refractivity contribution < 1.29 is 23.9 Å². The lowest BCUT2D eigenvalue weighted by molar-refractivity contribution is 0.0522. The summed E-state index contributed by atoms with van der Waals surface area (Å²) >= 11 is 0. The van der Waals surface area contributed by atoms with Crippen LogP contribution in [0.5, 0.6) is 0 Å². The molecule has 0 unspecified atom stereocenters. The standard InChI is InChI=1S/C21H24N2O5/c1-21(2,3)28-20(26)22-13-14-5-11-17(12-6-14)23-18(24)15-7-9-16(10-8-15)19(25)27-4/h5-12H,13H2,1-4H3,(H,22,26)(H,23,24). The molecule has 2 aromatic rings. The second kappa shape index (κ2) is 9.03. The molecule has 2 N–H and O–H groups in total. The fourth-order valence-electron chi connectivity index (χ4n) is 2.27. The summed E-state index contributed by atoms with van der Waals surface area (Å²) in [6.45, 7) is 5.71. The number of carbonyl (C=O) groups is 3. The monoisotopic (exact) mass is 384 g/mol. The first-order chi connectivity index (χ1) is 13.2. The summed E-state index contributed by atoms with van der Waals surface area (Å²) in [5, 5.41) is 5.45. The number of methoxy groups -OCH3 is 1. The normalized spacial score (nSPS) is 10.7. The third-order valence-electron chi connectivity index (χ3n) is 3.62. The van der Waals surface area contributed by atoms with Crippen LogP contribution in [0.1, 0.15) is 47.1 Å². The van der Waals surface area contributed by atoms with Gasteiger partial charge in [0, 0.05) is 17.8 Å². The van der Waals surface area contributed by atoms with E-state index in [-0.39, 0.29) is 5.91 Å². The lowest BCUT2D eigenvalue weighted by Crippen LogP contribution is -2.32. The fraction of sp³-hybridized carbons (Fsp3) is 0.286. The van der Waals surface area contributed by atoms with Gasteiger partial charge in [-0.1, -0.05) is 12.1 Å². The van der Waals surface area contributed by atoms with E-state index in [0.717, 1.165) is 5.56 Å². The molecule has 0 bridgehead atoms. The summed E-state index contributed by atoms with van der Waals surface area (Å²) in [5.41, 5.74) is 1.73. The zero-order chi connectivity index (χ0) is 20.7. The number of anilines is 1. The molecule has 0 fully saturated rings. The predicted molar refractivity (Wildman–Crippen MR) is 105 cm³/mol. The Morgan fingerprint density at radius 2 is 1.46 bits per heavy atom. The van der Waals surface area contributed by atoms with Crippen LogP contribution in [-0.2, 0) is 16.0 Å². The van der Waals surface area contributed by atoms with Crippen LogP contribution >= 0.6 is 0 Å². The number of carbonyl (C=O) groups excluding carboxylic acids is 3. The first-order valence-electron chi connectivity index (χ1n) is 8.73. The van der Waals surface area contributed by atoms with E-state index in [1.807, 2.05) is 0 Å². The molecular formula is C21H24N2O5. The second-order valence-corrected chi connectivity index (χ2v) is 7.08. The molecule has 0 aliphatic carbocycles. The molecule has 28 heavy (non-hydrogen) atoms. The molecular weight excluding hydrogens is 360 g/mol. The van der Waals surface area contributed by atoms with E-state index in [1.54, 1.807) is 57.2 Å². The van der Waals surface area contributed by atoms with Crippen LogP contribution in [0.25, 0.3) is 0 Å². The van der Waals surface area contributed by atoms with Gasteiger partial charge in [0.25, 0.3) is 5.91 Å². The minimum atomic E-state index is -0.548. The van der Waals surface area contributed by atoms with Crippen LogP contribution in [-0.4, -0.2) is 30.7 Å². The van der Waals surface area contributed by atoms with Gasteiger partial charge in [0.05, 0.1) is 12.7 Å². The molecule has 0 aliphatic heterocycles. The van der Waals surface area contributed by atoms with Crippen molar-refractivity contribution in [1.29, 1.82) is 0 Å². The number of benzene rings is 2. The number of ether oxygens (including phenoxy) is 2. The Bertz CT molecular complexity index is 837. The average Bonchev–Trinajstić information content (AvgIpc) is 2.65. The maximum atomic E-state index is 12.3. The predicted octanol–water partition coefficient (Wildman–Crippen LogP) is 3.75. The fourth-order valence-corrected chi connectivity index (χ4v) is 2.27. The number of alkyl carbamates (subject to hydrolysis) is 1. The van der Waals surface area contributed by atoms with E-state index < -0.39 is 17.7 Å². The molecule has 0 saturated heterocycles. The van der Waals surface area contributed by atoms with Crippen LogP contribution < -0.4 is 10.6 Å². The highest BCUT2D eigenvalue weighted by atomic mass is 16.6. The first-order valence-corrected chi connectivity index (χ1v) is 8.73. The van der Waals surface area contributed by atoms with E-state index in [9.17, 15) is 14.4 Å². The summed E-state index contributed by atoms with van der Waals surface area (Å²) in [6, 6.07) is 13.3. The van der Waals surface area contributed by atoms with Gasteiger partial charge in [0.1, 0.15) is 5.60 Å². The van der Waals surface area contributed by atoms with Crippen molar-refractivity contribution in [2.45, 2.75) is 32.9 Å². The molecule has 148 valence electrons. The molecule has 2 rings (SSSR count). The number of rotatable bonds is 5. The van der Waals surface area contributed by atoms with E-state index >= 15 is 0 Å². The van der Waals surface area contributed by atoms with E-state index in [2.05, 4.69) is 15.4 Å². The van der Waals surface area contributed by atoms with Gasteiger partial charge in [-0.05, 0) is 62.7 Å². The molecule has 0 heterocycles. The molecule has 0 atom stereocenters. The summed E-state index contributed by atoms with van der Waals surface area (Å²) in [7, 11) is 1.30. The van der Waals surface area contributed by atoms with Gasteiger partial charge in [-0.2, -0.15) is 0 Å². The topological polar surface area (TPSA) is 93.7 Å². The highest BCUT2D eigenvalue weighted by molar-refractivity contribution is 6.04. The minimum Gasteiger partial charge on any atom is -0.465 e. The molecule has 0 radical (unpaired) electrons. The minimum absolute atomic E-state index is 0.295. The van der Waals surface area contributed by atoms with E-state index in [0.29, 0.717) is 23.4 Å². The number of hydrogen-bond acceptors (Lipinski definition) is 5. The smallest absolute Gasteiger partial charge is 0.407 e. The summed E-state index contributed by atoms with van der Waals surface area (Å²) in [6.07, 6.45) is -0.486. The Balaban J connectivity index is 1.90. The van der Waals surface area contributed by atoms with Crippen LogP contribution in [0.3, 0.4) is 0 Å². The molecule has 0 aliphatic rings. The van der Waals surface area contributed by atoms with Crippen LogP contribution in [0.2, 0.25) is 0 Å². The van der Waals surface area contributed by atoms with Gasteiger partial charge in [0.15, 0.2) is 0 Å². The maximum Gasteiger partial charge on any atom is 0.407 e. The molecule has 7 heteroatoms. The second-order valence-electron chi connectivity index (χ2n) is 7.08. The van der Waals surface area contributed by atoms with Crippen molar-refractivity contribution in [3.05, 3.63) is 65.2 Å². The Kier molecular flexibility index (Phi) is 6.76. The Labute approximate surface area is 164 Å². The van der Waals surface area contributed by atoms with Crippen molar-refractivity contribution >= 4 is 23.7 Å². The molecule has 2 amide bonds. The maximum absolute atomic E-state index is 12.3. The van der Waals surface area contributed by atoms with E-state index in [4.69, 9.17) is 4.74 Å².